The average molecular weight is 338 g/mol. The normalized spacial score (nSPS) is 12.2. The van der Waals surface area contributed by atoms with E-state index in [0.29, 0.717) is 13.2 Å². The first-order valence-corrected chi connectivity index (χ1v) is 5.54. The highest BCUT2D eigenvalue weighted by molar-refractivity contribution is 6.16. The summed E-state index contributed by atoms with van der Waals surface area (Å²) in [6.07, 6.45) is -10.5. The van der Waals surface area contributed by atoms with Gasteiger partial charge in [-0.3, -0.25) is 0 Å². The molecule has 0 saturated heterocycles. The number of pyridine rings is 1. The summed E-state index contributed by atoms with van der Waals surface area (Å²) >= 11 is 5.28. The highest BCUT2D eigenvalue weighted by Crippen LogP contribution is 2.37. The number of halogens is 7. The van der Waals surface area contributed by atoms with Gasteiger partial charge in [-0.25, -0.2) is 9.78 Å². The van der Waals surface area contributed by atoms with Crippen LogP contribution in [0, 0.1) is 0 Å². The number of alkyl halides is 7. The maximum atomic E-state index is 12.8. The van der Waals surface area contributed by atoms with Gasteiger partial charge in [0.25, 0.3) is 0 Å². The lowest BCUT2D eigenvalue weighted by Gasteiger charge is -2.17. The molecule has 21 heavy (non-hydrogen) atoms. The van der Waals surface area contributed by atoms with Gasteiger partial charge in [-0.1, -0.05) is 0 Å². The van der Waals surface area contributed by atoms with E-state index in [1.807, 2.05) is 0 Å². The molecule has 0 aromatic carbocycles. The third-order valence-electron chi connectivity index (χ3n) is 2.06. The van der Waals surface area contributed by atoms with E-state index in [9.17, 15) is 31.1 Å². The van der Waals surface area contributed by atoms with Gasteiger partial charge < -0.3 is 9.47 Å². The first-order chi connectivity index (χ1) is 9.49. The summed E-state index contributed by atoms with van der Waals surface area (Å²) in [5, 5.41) is 0. The Labute approximate surface area is 118 Å². The van der Waals surface area contributed by atoms with Crippen LogP contribution >= 0.6 is 11.6 Å². The zero-order valence-electron chi connectivity index (χ0n) is 10.1. The molecule has 0 amide bonds. The SMILES string of the molecule is COC(=O)c1c(OC(F)(F)F)cc(CCl)nc1C(F)(F)F. The number of aromatic nitrogens is 1. The molecule has 1 rings (SSSR count). The van der Waals surface area contributed by atoms with E-state index in [0.717, 1.165) is 0 Å². The molecule has 0 saturated carbocycles. The molecule has 118 valence electrons. The maximum Gasteiger partial charge on any atom is 0.573 e. The number of methoxy groups -OCH3 is 1. The van der Waals surface area contributed by atoms with Crippen molar-refractivity contribution in [3.63, 3.8) is 0 Å². The standard InChI is InChI=1S/C10H6ClF6NO3/c1-20-8(19)6-5(21-10(15,16)17)2-4(3-11)18-7(6)9(12,13)14/h2H,3H2,1H3. The number of carbonyl (C=O) groups excluding carboxylic acids is 1. The molecule has 4 nitrogen and oxygen atoms in total. The smallest absolute Gasteiger partial charge is 0.465 e. The van der Waals surface area contributed by atoms with Gasteiger partial charge in [0.2, 0.25) is 0 Å². The van der Waals surface area contributed by atoms with Gasteiger partial charge in [-0.15, -0.1) is 24.8 Å². The van der Waals surface area contributed by atoms with Gasteiger partial charge >= 0.3 is 18.5 Å². The molecule has 0 aliphatic heterocycles. The van der Waals surface area contributed by atoms with Crippen molar-refractivity contribution in [2.24, 2.45) is 0 Å². The van der Waals surface area contributed by atoms with Crippen LogP contribution in [0.1, 0.15) is 21.7 Å². The number of hydrogen-bond donors (Lipinski definition) is 0. The fraction of sp³-hybridized carbons (Fsp3) is 0.400. The van der Waals surface area contributed by atoms with Crippen molar-refractivity contribution in [2.45, 2.75) is 18.4 Å². The average Bonchev–Trinajstić information content (AvgIpc) is 2.33. The van der Waals surface area contributed by atoms with Crippen molar-refractivity contribution in [2.75, 3.05) is 7.11 Å². The second kappa shape index (κ2) is 5.96. The van der Waals surface area contributed by atoms with Crippen molar-refractivity contribution >= 4 is 17.6 Å². The number of nitrogens with zero attached hydrogens (tertiary/aromatic N) is 1. The minimum Gasteiger partial charge on any atom is -0.465 e. The molecule has 0 fully saturated rings. The van der Waals surface area contributed by atoms with Crippen LogP contribution in [-0.2, 0) is 16.8 Å². The lowest BCUT2D eigenvalue weighted by Crippen LogP contribution is -2.23. The van der Waals surface area contributed by atoms with E-state index >= 15 is 0 Å². The molecule has 0 spiro atoms. The minimum atomic E-state index is -5.31. The number of carbonyl (C=O) groups is 1. The second-order valence-corrected chi connectivity index (χ2v) is 3.77. The topological polar surface area (TPSA) is 48.4 Å². The Bertz CT molecular complexity index is 543. The molecular weight excluding hydrogens is 332 g/mol. The van der Waals surface area contributed by atoms with Crippen LogP contribution in [0.4, 0.5) is 26.3 Å². The number of hydrogen-bond acceptors (Lipinski definition) is 4. The summed E-state index contributed by atoms with van der Waals surface area (Å²) < 4.78 is 82.7. The summed E-state index contributed by atoms with van der Waals surface area (Å²) in [4.78, 5) is 14.4. The highest BCUT2D eigenvalue weighted by Gasteiger charge is 2.42. The van der Waals surface area contributed by atoms with Crippen LogP contribution in [0.3, 0.4) is 0 Å². The van der Waals surface area contributed by atoms with Gasteiger partial charge in [-0.05, 0) is 0 Å². The molecule has 1 aromatic heterocycles. The van der Waals surface area contributed by atoms with Crippen LogP contribution in [0.5, 0.6) is 5.75 Å². The largest absolute Gasteiger partial charge is 0.573 e. The number of esters is 1. The van der Waals surface area contributed by atoms with Gasteiger partial charge in [0.15, 0.2) is 5.69 Å². The first kappa shape index (κ1) is 17.3. The van der Waals surface area contributed by atoms with Crippen LogP contribution in [0.15, 0.2) is 6.07 Å². The molecule has 0 unspecified atom stereocenters. The van der Waals surface area contributed by atoms with Crippen molar-refractivity contribution in [1.82, 2.24) is 4.98 Å². The fourth-order valence-corrected chi connectivity index (χ4v) is 1.49. The van der Waals surface area contributed by atoms with Crippen LogP contribution < -0.4 is 4.74 Å². The Morgan fingerprint density at radius 3 is 2.24 bits per heavy atom. The molecule has 0 radical (unpaired) electrons. The van der Waals surface area contributed by atoms with E-state index in [-0.39, 0.29) is 0 Å². The molecule has 0 aliphatic carbocycles. The van der Waals surface area contributed by atoms with Crippen molar-refractivity contribution in [1.29, 1.82) is 0 Å². The summed E-state index contributed by atoms with van der Waals surface area (Å²) in [6, 6.07) is 0.488. The van der Waals surface area contributed by atoms with Crippen LogP contribution in [0.2, 0.25) is 0 Å². The molecule has 1 aromatic rings. The van der Waals surface area contributed by atoms with Crippen molar-refractivity contribution < 1.29 is 40.6 Å². The molecule has 0 bridgehead atoms. The van der Waals surface area contributed by atoms with Gasteiger partial charge in [0.05, 0.1) is 18.7 Å². The first-order valence-electron chi connectivity index (χ1n) is 5.00. The second-order valence-electron chi connectivity index (χ2n) is 3.51. The predicted molar refractivity (Wildman–Crippen MR) is 56.8 cm³/mol. The molecule has 1 heterocycles. The zero-order chi connectivity index (χ0) is 16.4. The summed E-state index contributed by atoms with van der Waals surface area (Å²) in [5.74, 6) is -3.67. The Kier molecular flexibility index (Phi) is 4.92. The van der Waals surface area contributed by atoms with E-state index in [1.54, 1.807) is 0 Å². The molecular formula is C10H6ClF6NO3. The summed E-state index contributed by atoms with van der Waals surface area (Å²) in [7, 11) is 0.704. The van der Waals surface area contributed by atoms with Crippen molar-refractivity contribution in [3.8, 4) is 5.75 Å². The Hall–Kier alpha value is -1.71. The van der Waals surface area contributed by atoms with E-state index in [4.69, 9.17) is 11.6 Å². The predicted octanol–water partition coefficient (Wildman–Crippen LogP) is 3.52. The number of rotatable bonds is 3. The molecule has 11 heteroatoms. The Morgan fingerprint density at radius 1 is 1.29 bits per heavy atom. The van der Waals surface area contributed by atoms with E-state index < -0.39 is 47.1 Å². The van der Waals surface area contributed by atoms with Gasteiger partial charge in [0.1, 0.15) is 11.3 Å². The zero-order valence-corrected chi connectivity index (χ0v) is 10.9. The Morgan fingerprint density at radius 2 is 1.86 bits per heavy atom. The molecule has 0 atom stereocenters. The molecule has 0 N–H and O–H groups in total. The van der Waals surface area contributed by atoms with Gasteiger partial charge in [-0.2, -0.15) is 13.2 Å². The Balaban J connectivity index is 3.62. The van der Waals surface area contributed by atoms with Crippen LogP contribution in [0.25, 0.3) is 0 Å². The quantitative estimate of drug-likeness (QED) is 0.481. The van der Waals surface area contributed by atoms with Gasteiger partial charge in [0, 0.05) is 6.07 Å². The minimum absolute atomic E-state index is 0.488. The summed E-state index contributed by atoms with van der Waals surface area (Å²) in [5.41, 5.74) is -3.89. The monoisotopic (exact) mass is 337 g/mol. The summed E-state index contributed by atoms with van der Waals surface area (Å²) in [6.45, 7) is 0. The lowest BCUT2D eigenvalue weighted by atomic mass is 10.1. The lowest BCUT2D eigenvalue weighted by molar-refractivity contribution is -0.275. The maximum absolute atomic E-state index is 12.8. The third kappa shape index (κ3) is 4.38. The molecule has 0 aliphatic rings. The van der Waals surface area contributed by atoms with E-state index in [1.165, 1.54) is 0 Å². The third-order valence-corrected chi connectivity index (χ3v) is 2.33. The fourth-order valence-electron chi connectivity index (χ4n) is 1.35. The number of ether oxygens (including phenoxy) is 2. The highest BCUT2D eigenvalue weighted by atomic mass is 35.5. The van der Waals surface area contributed by atoms with Crippen molar-refractivity contribution in [3.05, 3.63) is 23.0 Å². The van der Waals surface area contributed by atoms with E-state index in [2.05, 4.69) is 14.5 Å². The van der Waals surface area contributed by atoms with Crippen LogP contribution in [-0.4, -0.2) is 24.4 Å².